The van der Waals surface area contributed by atoms with Gasteiger partial charge in [0.1, 0.15) is 18.4 Å². The SMILES string of the molecule is NCCCC[C@@H]1NC(=O)n2cc(nn2)CCOC(=O)NCCCC[C@@H](C=O)NC(=O)[C@H](CCCN=C(N)N)NC1=O. The molecule has 41 heavy (non-hydrogen) atoms. The number of guanidine groups is 1. The van der Waals surface area contributed by atoms with Crippen molar-refractivity contribution < 1.29 is 28.7 Å². The van der Waals surface area contributed by atoms with E-state index < -0.39 is 42.1 Å². The van der Waals surface area contributed by atoms with Crippen LogP contribution in [0.2, 0.25) is 0 Å². The summed E-state index contributed by atoms with van der Waals surface area (Å²) in [6.45, 7) is 0.946. The number of alkyl carbamates (subject to hydrolysis) is 1. The molecule has 228 valence electrons. The van der Waals surface area contributed by atoms with Crippen LogP contribution in [0, 0.1) is 0 Å². The minimum absolute atomic E-state index is 0.0140. The monoisotopic (exact) mass is 579 g/mol. The molecule has 1 aliphatic rings. The number of nitrogens with two attached hydrogens (primary N) is 3. The lowest BCUT2D eigenvalue weighted by Crippen LogP contribution is -2.55. The van der Waals surface area contributed by atoms with Gasteiger partial charge in [-0.3, -0.25) is 14.6 Å². The summed E-state index contributed by atoms with van der Waals surface area (Å²) in [5.74, 6) is -1.27. The average molecular weight is 580 g/mol. The van der Waals surface area contributed by atoms with Crippen LogP contribution >= 0.6 is 0 Å². The van der Waals surface area contributed by atoms with Gasteiger partial charge in [-0.2, -0.15) is 4.68 Å². The number of unbranched alkanes of at least 4 members (excludes halogenated alkanes) is 1. The van der Waals surface area contributed by atoms with E-state index in [4.69, 9.17) is 21.9 Å². The largest absolute Gasteiger partial charge is 0.449 e. The molecule has 17 nitrogen and oxygen atoms in total. The maximum Gasteiger partial charge on any atom is 0.407 e. The molecule has 3 atom stereocenters. The molecule has 0 radical (unpaired) electrons. The topological polar surface area (TPSA) is 264 Å². The second-order valence-electron chi connectivity index (χ2n) is 9.51. The van der Waals surface area contributed by atoms with Crippen molar-refractivity contribution in [3.8, 4) is 0 Å². The Bertz CT molecular complexity index is 1040. The number of aldehydes is 1. The zero-order valence-electron chi connectivity index (χ0n) is 23.0. The molecule has 2 rings (SSSR count). The van der Waals surface area contributed by atoms with Gasteiger partial charge < -0.3 is 48.0 Å². The molecule has 2 heterocycles. The smallest absolute Gasteiger partial charge is 0.407 e. The normalized spacial score (nSPS) is 21.6. The molecule has 2 bridgehead atoms. The molecule has 17 heteroatoms. The summed E-state index contributed by atoms with van der Waals surface area (Å²) in [4.78, 5) is 66.9. The number of fused-ring (bicyclic) bond motifs is 2. The van der Waals surface area contributed by atoms with E-state index >= 15 is 0 Å². The van der Waals surface area contributed by atoms with Crippen LogP contribution in [0.15, 0.2) is 11.2 Å². The van der Waals surface area contributed by atoms with Gasteiger partial charge in [0, 0.05) is 19.5 Å². The summed E-state index contributed by atoms with van der Waals surface area (Å²) in [7, 11) is 0. The number of hydrogen-bond acceptors (Lipinski definition) is 10. The zero-order chi connectivity index (χ0) is 30.0. The average Bonchev–Trinajstić information content (AvgIpc) is 3.41. The van der Waals surface area contributed by atoms with Crippen molar-refractivity contribution in [2.24, 2.45) is 22.2 Å². The summed E-state index contributed by atoms with van der Waals surface area (Å²) in [6, 6.07) is -3.56. The quantitative estimate of drug-likeness (QED) is 0.0728. The van der Waals surface area contributed by atoms with Crippen LogP contribution in [0.3, 0.4) is 0 Å². The molecular weight excluding hydrogens is 538 g/mol. The van der Waals surface area contributed by atoms with Crippen molar-refractivity contribution in [2.75, 3.05) is 26.2 Å². The summed E-state index contributed by atoms with van der Waals surface area (Å²) in [5, 5.41) is 18.3. The molecule has 0 saturated heterocycles. The second-order valence-corrected chi connectivity index (χ2v) is 9.51. The van der Waals surface area contributed by atoms with E-state index in [2.05, 4.69) is 36.6 Å². The Morgan fingerprint density at radius 3 is 2.51 bits per heavy atom. The van der Waals surface area contributed by atoms with E-state index in [0.717, 1.165) is 4.68 Å². The van der Waals surface area contributed by atoms with Crippen molar-refractivity contribution in [1.29, 1.82) is 0 Å². The maximum absolute atomic E-state index is 13.3. The van der Waals surface area contributed by atoms with Gasteiger partial charge in [0.2, 0.25) is 11.8 Å². The molecular formula is C24H41N11O6. The summed E-state index contributed by atoms with van der Waals surface area (Å²) in [6.07, 6.45) is 4.92. The van der Waals surface area contributed by atoms with Gasteiger partial charge in [0.05, 0.1) is 24.5 Å². The van der Waals surface area contributed by atoms with E-state index in [1.165, 1.54) is 6.20 Å². The van der Waals surface area contributed by atoms with Gasteiger partial charge >= 0.3 is 12.1 Å². The molecule has 1 aliphatic heterocycles. The fourth-order valence-electron chi connectivity index (χ4n) is 3.97. The fraction of sp³-hybridized carbons (Fsp3) is 0.667. The predicted molar refractivity (Wildman–Crippen MR) is 147 cm³/mol. The number of carbonyl (C=O) groups excluding carboxylic acids is 5. The Kier molecular flexibility index (Phi) is 14.6. The molecule has 1 aromatic rings. The molecule has 0 fully saturated rings. The van der Waals surface area contributed by atoms with Crippen molar-refractivity contribution in [3.63, 3.8) is 0 Å². The Balaban J connectivity index is 2.26. The minimum atomic E-state index is -1.03. The number of hydrogen-bond donors (Lipinski definition) is 7. The molecule has 0 aromatic carbocycles. The Hall–Kier alpha value is -4.28. The highest BCUT2D eigenvalue weighted by Gasteiger charge is 2.28. The van der Waals surface area contributed by atoms with E-state index in [1.54, 1.807) is 0 Å². The van der Waals surface area contributed by atoms with Gasteiger partial charge in [0.25, 0.3) is 0 Å². The Labute approximate surface area is 237 Å². The molecule has 0 unspecified atom stereocenters. The first kappa shape index (κ1) is 32.9. The van der Waals surface area contributed by atoms with Gasteiger partial charge in [0.15, 0.2) is 5.96 Å². The van der Waals surface area contributed by atoms with E-state index in [0.29, 0.717) is 63.6 Å². The summed E-state index contributed by atoms with van der Waals surface area (Å²) < 4.78 is 6.06. The molecule has 10 N–H and O–H groups in total. The molecule has 0 spiro atoms. The van der Waals surface area contributed by atoms with Crippen molar-refractivity contribution >= 4 is 36.2 Å². The molecule has 1 aromatic heterocycles. The van der Waals surface area contributed by atoms with E-state index in [1.807, 2.05) is 0 Å². The van der Waals surface area contributed by atoms with Crippen LogP contribution in [-0.2, 0) is 25.5 Å². The number of nitrogens with one attached hydrogen (secondary N) is 4. The Morgan fingerprint density at radius 2 is 1.78 bits per heavy atom. The number of aromatic nitrogens is 3. The number of rotatable bonds is 9. The van der Waals surface area contributed by atoms with Crippen LogP contribution in [0.4, 0.5) is 9.59 Å². The van der Waals surface area contributed by atoms with E-state index in [-0.39, 0.29) is 38.4 Å². The standard InChI is InChI=1S/C24H41N11O6/c25-10-3-1-7-19-21(38)31-18(8-5-12-28-22(26)27)20(37)30-17(15-36)6-2-4-11-29-24(40)41-13-9-16-14-35(34-33-16)23(39)32-19/h14-15,17-19H,1-13,25H2,(H,29,40)(H,30,37)(H,31,38)(H,32,39)(H4,26,27,28)/t17-,18-,19-/m0/s1. The second kappa shape index (κ2) is 18.1. The number of amides is 4. The lowest BCUT2D eigenvalue weighted by Gasteiger charge is -2.24. The van der Waals surface area contributed by atoms with Gasteiger partial charge in [-0.15, -0.1) is 5.10 Å². The maximum atomic E-state index is 13.3. The lowest BCUT2D eigenvalue weighted by molar-refractivity contribution is -0.131. The number of carbonyl (C=O) groups is 5. The highest BCUT2D eigenvalue weighted by atomic mass is 16.5. The zero-order valence-corrected chi connectivity index (χ0v) is 23.0. The van der Waals surface area contributed by atoms with Crippen LogP contribution in [-0.4, -0.2) is 95.5 Å². The summed E-state index contributed by atoms with van der Waals surface area (Å²) >= 11 is 0. The molecule has 4 amide bonds. The third-order valence-electron chi connectivity index (χ3n) is 6.18. The van der Waals surface area contributed by atoms with Gasteiger partial charge in [-0.25, -0.2) is 9.59 Å². The third-order valence-corrected chi connectivity index (χ3v) is 6.18. The predicted octanol–water partition coefficient (Wildman–Crippen LogP) is -1.99. The van der Waals surface area contributed by atoms with E-state index in [9.17, 15) is 24.0 Å². The number of cyclic esters (lactones) is 1. The first-order valence-electron chi connectivity index (χ1n) is 13.7. The minimum Gasteiger partial charge on any atom is -0.449 e. The number of aliphatic imine (C=N–C) groups is 1. The first-order valence-corrected chi connectivity index (χ1v) is 13.7. The van der Waals surface area contributed by atoms with Crippen LogP contribution < -0.4 is 38.5 Å². The third kappa shape index (κ3) is 12.6. The van der Waals surface area contributed by atoms with Crippen molar-refractivity contribution in [2.45, 2.75) is 75.9 Å². The van der Waals surface area contributed by atoms with Gasteiger partial charge in [-0.1, -0.05) is 5.21 Å². The first-order chi connectivity index (χ1) is 19.7. The van der Waals surface area contributed by atoms with Crippen LogP contribution in [0.25, 0.3) is 0 Å². The fourth-order valence-corrected chi connectivity index (χ4v) is 3.97. The van der Waals surface area contributed by atoms with Crippen molar-refractivity contribution in [3.05, 3.63) is 11.9 Å². The number of nitrogens with zero attached hydrogens (tertiary/aromatic N) is 4. The molecule has 0 saturated carbocycles. The highest BCUT2D eigenvalue weighted by molar-refractivity contribution is 5.92. The Morgan fingerprint density at radius 1 is 1.05 bits per heavy atom. The molecule has 0 aliphatic carbocycles. The summed E-state index contributed by atoms with van der Waals surface area (Å²) in [5.41, 5.74) is 16.7. The lowest BCUT2D eigenvalue weighted by atomic mass is 10.1. The van der Waals surface area contributed by atoms with Gasteiger partial charge in [-0.05, 0) is 57.9 Å². The van der Waals surface area contributed by atoms with Crippen LogP contribution in [0.1, 0.15) is 57.1 Å². The highest BCUT2D eigenvalue weighted by Crippen LogP contribution is 2.07. The van der Waals surface area contributed by atoms with Crippen LogP contribution in [0.5, 0.6) is 0 Å². The van der Waals surface area contributed by atoms with Crippen molar-refractivity contribution in [1.82, 2.24) is 36.3 Å². The number of ether oxygens (including phenoxy) is 1.